The van der Waals surface area contributed by atoms with Gasteiger partial charge in [-0.25, -0.2) is 0 Å². The maximum atomic E-state index is 12.0. The Morgan fingerprint density at radius 2 is 1.82 bits per heavy atom. The Hall–Kier alpha value is -2.80. The van der Waals surface area contributed by atoms with Crippen LogP contribution in [0.4, 0.5) is 0 Å². The van der Waals surface area contributed by atoms with Gasteiger partial charge in [-0.15, -0.1) is 0 Å². The summed E-state index contributed by atoms with van der Waals surface area (Å²) in [6.45, 7) is 1.89. The lowest BCUT2D eigenvalue weighted by atomic mass is 10.0. The smallest absolute Gasteiger partial charge is 0.221 e. The van der Waals surface area contributed by atoms with Crippen molar-refractivity contribution in [1.82, 2.24) is 4.90 Å². The van der Waals surface area contributed by atoms with Gasteiger partial charge in [-0.1, -0.05) is 42.5 Å². The summed E-state index contributed by atoms with van der Waals surface area (Å²) < 4.78 is 5.12. The molecule has 0 unspecified atom stereocenters. The maximum absolute atomic E-state index is 12.0. The van der Waals surface area contributed by atoms with E-state index in [2.05, 4.69) is 6.07 Å². The number of carbonyl (C=O) groups excluding carboxylic acids is 1. The van der Waals surface area contributed by atoms with E-state index in [9.17, 15) is 10.1 Å². The molecular formula is C18H18N2O2. The molecule has 4 heteroatoms. The molecule has 0 heterocycles. The van der Waals surface area contributed by atoms with E-state index in [0.717, 1.165) is 16.9 Å². The Balaban J connectivity index is 2.28. The van der Waals surface area contributed by atoms with Crippen LogP contribution >= 0.6 is 0 Å². The van der Waals surface area contributed by atoms with Gasteiger partial charge in [-0.3, -0.25) is 4.79 Å². The topological polar surface area (TPSA) is 53.3 Å². The summed E-state index contributed by atoms with van der Waals surface area (Å²) in [5.41, 5.74) is 1.76. The third-order valence-corrected chi connectivity index (χ3v) is 3.47. The molecule has 2 aromatic rings. The van der Waals surface area contributed by atoms with Gasteiger partial charge in [0.1, 0.15) is 11.8 Å². The summed E-state index contributed by atoms with van der Waals surface area (Å²) in [5, 5.41) is 9.53. The zero-order valence-electron chi connectivity index (χ0n) is 12.7. The average molecular weight is 294 g/mol. The number of amides is 1. The summed E-state index contributed by atoms with van der Waals surface area (Å²) in [7, 11) is 1.59. The largest absolute Gasteiger partial charge is 0.497 e. The molecule has 0 saturated heterocycles. The van der Waals surface area contributed by atoms with Crippen LogP contribution in [-0.4, -0.2) is 17.9 Å². The van der Waals surface area contributed by atoms with E-state index in [1.807, 2.05) is 42.5 Å². The number of hydrogen-bond acceptors (Lipinski definition) is 3. The summed E-state index contributed by atoms with van der Waals surface area (Å²) in [5.74, 6) is 0.587. The lowest BCUT2D eigenvalue weighted by molar-refractivity contribution is -0.130. The number of rotatable bonds is 5. The molecule has 0 aromatic heterocycles. The SMILES string of the molecule is COc1ccc([C@@H](C#N)N(Cc2ccccc2)C(C)=O)cc1. The molecule has 1 atom stereocenters. The van der Waals surface area contributed by atoms with Crippen molar-refractivity contribution in [2.45, 2.75) is 19.5 Å². The molecule has 0 fully saturated rings. The van der Waals surface area contributed by atoms with Crippen molar-refractivity contribution < 1.29 is 9.53 Å². The first-order valence-electron chi connectivity index (χ1n) is 7.00. The van der Waals surface area contributed by atoms with Crippen molar-refractivity contribution in [3.05, 3.63) is 65.7 Å². The Bertz CT molecular complexity index is 660. The number of hydrogen-bond donors (Lipinski definition) is 0. The van der Waals surface area contributed by atoms with Crippen molar-refractivity contribution in [1.29, 1.82) is 5.26 Å². The monoisotopic (exact) mass is 294 g/mol. The Morgan fingerprint density at radius 3 is 2.32 bits per heavy atom. The molecule has 22 heavy (non-hydrogen) atoms. The minimum atomic E-state index is -0.622. The van der Waals surface area contributed by atoms with Gasteiger partial charge < -0.3 is 9.64 Å². The molecule has 0 radical (unpaired) electrons. The molecule has 0 aliphatic carbocycles. The van der Waals surface area contributed by atoms with E-state index < -0.39 is 6.04 Å². The average Bonchev–Trinajstić information content (AvgIpc) is 2.56. The fourth-order valence-electron chi connectivity index (χ4n) is 2.27. The third kappa shape index (κ3) is 3.64. The van der Waals surface area contributed by atoms with Crippen LogP contribution in [0.3, 0.4) is 0 Å². The van der Waals surface area contributed by atoms with Gasteiger partial charge in [-0.05, 0) is 23.3 Å². The number of nitriles is 1. The van der Waals surface area contributed by atoms with E-state index >= 15 is 0 Å². The van der Waals surface area contributed by atoms with Gasteiger partial charge in [0, 0.05) is 13.5 Å². The number of methoxy groups -OCH3 is 1. The summed E-state index contributed by atoms with van der Waals surface area (Å²) in [6, 6.07) is 18.5. The van der Waals surface area contributed by atoms with Crippen LogP contribution in [0.25, 0.3) is 0 Å². The van der Waals surface area contributed by atoms with Crippen molar-refractivity contribution in [2.75, 3.05) is 7.11 Å². The lowest BCUT2D eigenvalue weighted by Gasteiger charge is -2.26. The van der Waals surface area contributed by atoms with Crippen LogP contribution in [0, 0.1) is 11.3 Å². The summed E-state index contributed by atoms with van der Waals surface area (Å²) in [4.78, 5) is 13.6. The predicted octanol–water partition coefficient (Wildman–Crippen LogP) is 3.31. The predicted molar refractivity (Wildman–Crippen MR) is 84.0 cm³/mol. The van der Waals surface area contributed by atoms with Crippen LogP contribution in [0.1, 0.15) is 24.1 Å². The van der Waals surface area contributed by atoms with Gasteiger partial charge in [-0.2, -0.15) is 5.26 Å². The van der Waals surface area contributed by atoms with Gasteiger partial charge in [0.2, 0.25) is 5.91 Å². The fraction of sp³-hybridized carbons (Fsp3) is 0.222. The van der Waals surface area contributed by atoms with Crippen molar-refractivity contribution >= 4 is 5.91 Å². The summed E-state index contributed by atoms with van der Waals surface area (Å²) in [6.07, 6.45) is 0. The van der Waals surface area contributed by atoms with Gasteiger partial charge in [0.25, 0.3) is 0 Å². The molecule has 0 aliphatic heterocycles. The Morgan fingerprint density at radius 1 is 1.18 bits per heavy atom. The van der Waals surface area contributed by atoms with Gasteiger partial charge >= 0.3 is 0 Å². The maximum Gasteiger partial charge on any atom is 0.221 e. The zero-order chi connectivity index (χ0) is 15.9. The molecule has 2 aromatic carbocycles. The van der Waals surface area contributed by atoms with Crippen LogP contribution in [0.5, 0.6) is 5.75 Å². The molecule has 0 N–H and O–H groups in total. The second kappa shape index (κ2) is 7.28. The second-order valence-electron chi connectivity index (χ2n) is 4.94. The first kappa shape index (κ1) is 15.6. The standard InChI is InChI=1S/C18H18N2O2/c1-14(21)20(13-15-6-4-3-5-7-15)18(12-19)16-8-10-17(22-2)11-9-16/h3-11,18H,13H2,1-2H3/t18-/m1/s1. The molecule has 0 saturated carbocycles. The first-order valence-corrected chi connectivity index (χ1v) is 7.00. The molecule has 112 valence electrons. The van der Waals surface area contributed by atoms with Crippen molar-refractivity contribution in [3.8, 4) is 11.8 Å². The number of ether oxygens (including phenoxy) is 1. The number of carbonyl (C=O) groups is 1. The quantitative estimate of drug-likeness (QED) is 0.850. The number of benzene rings is 2. The zero-order valence-corrected chi connectivity index (χ0v) is 12.7. The van der Waals surface area contributed by atoms with Crippen LogP contribution in [0.2, 0.25) is 0 Å². The van der Waals surface area contributed by atoms with E-state index in [1.54, 1.807) is 24.1 Å². The first-order chi connectivity index (χ1) is 10.7. The van der Waals surface area contributed by atoms with Crippen LogP contribution in [-0.2, 0) is 11.3 Å². The highest BCUT2D eigenvalue weighted by Gasteiger charge is 2.22. The van der Waals surface area contributed by atoms with E-state index in [4.69, 9.17) is 4.74 Å². The normalized spacial score (nSPS) is 11.3. The third-order valence-electron chi connectivity index (χ3n) is 3.47. The Labute approximate surface area is 130 Å². The van der Waals surface area contributed by atoms with E-state index in [-0.39, 0.29) is 5.91 Å². The fourth-order valence-corrected chi connectivity index (χ4v) is 2.27. The van der Waals surface area contributed by atoms with Crippen molar-refractivity contribution in [2.24, 2.45) is 0 Å². The minimum absolute atomic E-state index is 0.133. The van der Waals surface area contributed by atoms with Crippen LogP contribution < -0.4 is 4.74 Å². The van der Waals surface area contributed by atoms with Gasteiger partial charge in [0.05, 0.1) is 13.2 Å². The summed E-state index contributed by atoms with van der Waals surface area (Å²) >= 11 is 0. The van der Waals surface area contributed by atoms with Crippen molar-refractivity contribution in [3.63, 3.8) is 0 Å². The lowest BCUT2D eigenvalue weighted by Crippen LogP contribution is -2.31. The molecule has 0 spiro atoms. The van der Waals surface area contributed by atoms with Gasteiger partial charge in [0.15, 0.2) is 0 Å². The number of nitrogens with zero attached hydrogens (tertiary/aromatic N) is 2. The minimum Gasteiger partial charge on any atom is -0.497 e. The highest BCUT2D eigenvalue weighted by molar-refractivity contribution is 5.74. The van der Waals surface area contributed by atoms with E-state index in [0.29, 0.717) is 6.54 Å². The molecule has 1 amide bonds. The highest BCUT2D eigenvalue weighted by Crippen LogP contribution is 2.24. The molecule has 0 aliphatic rings. The highest BCUT2D eigenvalue weighted by atomic mass is 16.5. The molecule has 0 bridgehead atoms. The molecular weight excluding hydrogens is 276 g/mol. The Kier molecular flexibility index (Phi) is 5.16. The second-order valence-corrected chi connectivity index (χ2v) is 4.94. The molecule has 2 rings (SSSR count). The van der Waals surface area contributed by atoms with E-state index in [1.165, 1.54) is 6.92 Å². The molecule has 4 nitrogen and oxygen atoms in total. The van der Waals surface area contributed by atoms with Crippen LogP contribution in [0.15, 0.2) is 54.6 Å².